The summed E-state index contributed by atoms with van der Waals surface area (Å²) in [7, 11) is 0. The highest BCUT2D eigenvalue weighted by atomic mass is 35.5. The van der Waals surface area contributed by atoms with E-state index in [0.717, 1.165) is 25.0 Å². The van der Waals surface area contributed by atoms with Gasteiger partial charge in [-0.25, -0.2) is 0 Å². The Labute approximate surface area is 363 Å². The van der Waals surface area contributed by atoms with Gasteiger partial charge in [-0.2, -0.15) is 20.5 Å². The van der Waals surface area contributed by atoms with Crippen LogP contribution in [0, 0.1) is 0 Å². The van der Waals surface area contributed by atoms with Crippen molar-refractivity contribution in [2.75, 3.05) is 21.3 Å². The van der Waals surface area contributed by atoms with E-state index in [4.69, 9.17) is 46.4 Å². The van der Waals surface area contributed by atoms with Crippen LogP contribution in [0.3, 0.4) is 0 Å². The number of carbonyl (C=O) groups is 6. The fraction of sp³-hybridized carbons (Fsp3) is 0.143. The Hall–Kier alpha value is -6.32. The monoisotopic (exact) mass is 886 g/mol. The van der Waals surface area contributed by atoms with Gasteiger partial charge in [0, 0.05) is 45.6 Å². The van der Waals surface area contributed by atoms with E-state index in [1.807, 2.05) is 0 Å². The molecule has 0 radical (unpaired) electrons. The fourth-order valence-electron chi connectivity index (χ4n) is 5.16. The zero-order valence-corrected chi connectivity index (χ0v) is 34.7. The predicted molar refractivity (Wildman–Crippen MR) is 232 cm³/mol. The Kier molecular flexibility index (Phi) is 15.7. The van der Waals surface area contributed by atoms with E-state index in [1.165, 1.54) is 60.7 Å². The summed E-state index contributed by atoms with van der Waals surface area (Å²) in [6, 6.07) is 25.2. The third-order valence-electron chi connectivity index (χ3n) is 8.40. The number of nitrogens with zero attached hydrogens (tertiary/aromatic N) is 4. The molecule has 14 nitrogen and oxygen atoms in total. The van der Waals surface area contributed by atoms with Crippen molar-refractivity contribution in [3.63, 3.8) is 0 Å². The number of carbonyl (C=O) groups excluding carboxylic acids is 6. The third-order valence-corrected chi connectivity index (χ3v) is 9.65. The van der Waals surface area contributed by atoms with Crippen LogP contribution in [0.5, 0.6) is 0 Å². The number of halogens is 4. The quantitative estimate of drug-likeness (QED) is 0.0431. The van der Waals surface area contributed by atoms with Crippen molar-refractivity contribution in [2.45, 2.75) is 37.7 Å². The highest BCUT2D eigenvalue weighted by molar-refractivity contribution is 6.33. The Morgan fingerprint density at radius 3 is 1.12 bits per heavy atom. The second-order valence-electron chi connectivity index (χ2n) is 12.9. The Morgan fingerprint density at radius 1 is 0.483 bits per heavy atom. The summed E-state index contributed by atoms with van der Waals surface area (Å²) in [6.07, 6.45) is 0. The number of benzene rings is 5. The molecule has 0 heterocycles. The highest BCUT2D eigenvalue weighted by Gasteiger charge is 2.25. The second kappa shape index (κ2) is 21.1. The topological polar surface area (TPSA) is 200 Å². The first kappa shape index (κ1) is 44.8. The molecule has 0 spiro atoms. The number of anilines is 4. The van der Waals surface area contributed by atoms with Crippen molar-refractivity contribution in [2.24, 2.45) is 20.5 Å². The summed E-state index contributed by atoms with van der Waals surface area (Å²) in [5, 5.41) is 26.8. The number of amides is 4. The van der Waals surface area contributed by atoms with Gasteiger partial charge in [0.2, 0.25) is 12.1 Å². The zero-order valence-electron chi connectivity index (χ0n) is 31.7. The Balaban J connectivity index is 1.20. The lowest BCUT2D eigenvalue weighted by atomic mass is 10.1. The van der Waals surface area contributed by atoms with E-state index in [9.17, 15) is 28.8 Å². The number of Topliss-reactive ketones (excluding diaryl/α,β-unsaturated/α-hetero) is 2. The van der Waals surface area contributed by atoms with E-state index < -0.39 is 47.3 Å². The van der Waals surface area contributed by atoms with Gasteiger partial charge in [0.05, 0.1) is 10.0 Å². The molecular formula is C42H34Cl4N8O6. The highest BCUT2D eigenvalue weighted by Crippen LogP contribution is 2.29. The maximum absolute atomic E-state index is 13.1. The number of hydrogen-bond acceptors (Lipinski definition) is 10. The molecule has 0 saturated carbocycles. The van der Waals surface area contributed by atoms with Gasteiger partial charge >= 0.3 is 0 Å². The standard InChI is InChI=1S/C42H34Cl4N8O6/c1-23(55)37(53-51-35-19-27(7-17-33(35)45)39(57)47-29-9-3-25(21-43)4-10-29)41(59)49-31-13-15-32(16-14-31)50-42(60)38(24(2)56)54-52-36-20-28(8-18-34(36)46)40(58)48-30-11-5-26(22-44)6-12-30/h3-20,37-38H,21-22H2,1-2H3,(H,47,57)(H,48,58)(H,49,59)(H,50,60). The van der Waals surface area contributed by atoms with E-state index in [1.54, 1.807) is 48.5 Å². The number of ketones is 2. The molecule has 5 aromatic rings. The van der Waals surface area contributed by atoms with Crippen LogP contribution < -0.4 is 21.3 Å². The van der Waals surface area contributed by atoms with Crippen molar-refractivity contribution in [3.05, 3.63) is 141 Å². The van der Waals surface area contributed by atoms with Crippen LogP contribution in [0.2, 0.25) is 10.0 Å². The number of nitrogens with one attached hydrogen (secondary N) is 4. The third kappa shape index (κ3) is 12.3. The molecule has 0 bridgehead atoms. The summed E-state index contributed by atoms with van der Waals surface area (Å²) in [5.41, 5.74) is 3.83. The van der Waals surface area contributed by atoms with Gasteiger partial charge in [0.15, 0.2) is 11.6 Å². The van der Waals surface area contributed by atoms with E-state index in [0.29, 0.717) is 23.1 Å². The first-order valence-corrected chi connectivity index (χ1v) is 19.6. The molecule has 0 saturated heterocycles. The van der Waals surface area contributed by atoms with Gasteiger partial charge < -0.3 is 21.3 Å². The SMILES string of the molecule is CC(=O)C(N=Nc1cc(C(=O)Nc2ccc(CCl)cc2)ccc1Cl)C(=O)Nc1ccc(NC(=O)C(N=Nc2cc(C(=O)Nc3ccc(CCl)cc3)ccc2Cl)C(C)=O)cc1. The van der Waals surface area contributed by atoms with Gasteiger partial charge in [0.25, 0.3) is 23.6 Å². The lowest BCUT2D eigenvalue weighted by Crippen LogP contribution is -2.32. The Bertz CT molecular complexity index is 2310. The van der Waals surface area contributed by atoms with Crippen LogP contribution in [0.25, 0.3) is 0 Å². The maximum Gasteiger partial charge on any atom is 0.258 e. The fourth-order valence-corrected chi connectivity index (χ4v) is 5.82. The van der Waals surface area contributed by atoms with Crippen molar-refractivity contribution in [1.82, 2.24) is 0 Å². The van der Waals surface area contributed by atoms with E-state index in [-0.39, 0.29) is 43.9 Å². The molecule has 5 aromatic carbocycles. The average molecular weight is 889 g/mol. The molecule has 2 atom stereocenters. The first-order valence-electron chi connectivity index (χ1n) is 17.8. The smallest absolute Gasteiger partial charge is 0.258 e. The van der Waals surface area contributed by atoms with Crippen LogP contribution in [-0.2, 0) is 30.9 Å². The predicted octanol–water partition coefficient (Wildman–Crippen LogP) is 10.3. The molecule has 0 aliphatic carbocycles. The van der Waals surface area contributed by atoms with Crippen LogP contribution in [0.15, 0.2) is 130 Å². The molecule has 18 heteroatoms. The van der Waals surface area contributed by atoms with Crippen LogP contribution in [-0.4, -0.2) is 47.3 Å². The number of rotatable bonds is 16. The molecule has 60 heavy (non-hydrogen) atoms. The molecule has 2 unspecified atom stereocenters. The Morgan fingerprint density at radius 2 is 0.800 bits per heavy atom. The maximum atomic E-state index is 13.1. The van der Waals surface area contributed by atoms with Crippen molar-refractivity contribution in [1.29, 1.82) is 0 Å². The average Bonchev–Trinajstić information content (AvgIpc) is 3.23. The van der Waals surface area contributed by atoms with Crippen LogP contribution in [0.1, 0.15) is 45.7 Å². The van der Waals surface area contributed by atoms with Crippen molar-refractivity contribution in [3.8, 4) is 0 Å². The molecule has 4 amide bonds. The van der Waals surface area contributed by atoms with Gasteiger partial charge in [-0.3, -0.25) is 28.8 Å². The molecule has 5 rings (SSSR count). The summed E-state index contributed by atoms with van der Waals surface area (Å²) in [5.74, 6) is -3.12. The molecule has 0 aliphatic heterocycles. The molecule has 4 N–H and O–H groups in total. The minimum atomic E-state index is -1.57. The van der Waals surface area contributed by atoms with Gasteiger partial charge in [0.1, 0.15) is 11.4 Å². The summed E-state index contributed by atoms with van der Waals surface area (Å²) in [4.78, 5) is 76.9. The molecular weight excluding hydrogens is 854 g/mol. The molecule has 0 aliphatic rings. The van der Waals surface area contributed by atoms with Gasteiger partial charge in [-0.1, -0.05) is 47.5 Å². The molecule has 0 fully saturated rings. The van der Waals surface area contributed by atoms with Crippen LogP contribution >= 0.6 is 46.4 Å². The van der Waals surface area contributed by atoms with E-state index >= 15 is 0 Å². The van der Waals surface area contributed by atoms with Crippen molar-refractivity contribution >= 4 is 116 Å². The number of hydrogen-bond donors (Lipinski definition) is 4. The van der Waals surface area contributed by atoms with Crippen molar-refractivity contribution < 1.29 is 28.8 Å². The summed E-state index contributed by atoms with van der Waals surface area (Å²) >= 11 is 24.2. The number of azo groups is 2. The van der Waals surface area contributed by atoms with Crippen LogP contribution in [0.4, 0.5) is 34.1 Å². The van der Waals surface area contributed by atoms with Gasteiger partial charge in [-0.05, 0) is 110 Å². The molecule has 0 aromatic heterocycles. The number of alkyl halides is 2. The van der Waals surface area contributed by atoms with E-state index in [2.05, 4.69) is 41.7 Å². The largest absolute Gasteiger partial charge is 0.324 e. The second-order valence-corrected chi connectivity index (χ2v) is 14.3. The summed E-state index contributed by atoms with van der Waals surface area (Å²) in [6.45, 7) is 2.33. The lowest BCUT2D eigenvalue weighted by Gasteiger charge is -2.12. The minimum absolute atomic E-state index is 0.0502. The summed E-state index contributed by atoms with van der Waals surface area (Å²) < 4.78 is 0. The first-order chi connectivity index (χ1) is 28.7. The van der Waals surface area contributed by atoms with Gasteiger partial charge in [-0.15, -0.1) is 23.2 Å². The minimum Gasteiger partial charge on any atom is -0.324 e. The zero-order chi connectivity index (χ0) is 43.3. The normalized spacial score (nSPS) is 12.1. The lowest BCUT2D eigenvalue weighted by molar-refractivity contribution is -0.127. The molecule has 306 valence electrons.